The molecule has 1 atom stereocenters. The van der Waals surface area contributed by atoms with Gasteiger partial charge in [-0.15, -0.1) is 0 Å². The topological polar surface area (TPSA) is 55.9 Å². The number of para-hydroxylation sites is 1. The van der Waals surface area contributed by atoms with Gasteiger partial charge in [0.2, 0.25) is 9.84 Å². The van der Waals surface area contributed by atoms with Crippen LogP contribution in [0.1, 0.15) is 11.1 Å². The summed E-state index contributed by atoms with van der Waals surface area (Å²) in [4.78, 5) is 0.490. The van der Waals surface area contributed by atoms with Crippen molar-refractivity contribution >= 4 is 9.84 Å². The summed E-state index contributed by atoms with van der Waals surface area (Å²) in [6.45, 7) is 4.77. The van der Waals surface area contributed by atoms with Gasteiger partial charge in [-0.05, 0) is 43.2 Å². The molecule has 116 valence electrons. The van der Waals surface area contributed by atoms with Crippen LogP contribution in [0.25, 0.3) is 0 Å². The normalized spacial score (nSPS) is 17.3. The van der Waals surface area contributed by atoms with E-state index in [0.717, 1.165) is 11.1 Å². The molecule has 1 saturated heterocycles. The van der Waals surface area contributed by atoms with Gasteiger partial charge in [0.05, 0.1) is 11.5 Å². The van der Waals surface area contributed by atoms with Gasteiger partial charge in [0.15, 0.2) is 0 Å². The monoisotopic (exact) mass is 318 g/mol. The minimum atomic E-state index is -3.61. The van der Waals surface area contributed by atoms with E-state index >= 15 is 0 Å². The molecule has 0 saturated carbocycles. The molecule has 1 fully saturated rings. The van der Waals surface area contributed by atoms with E-state index in [4.69, 9.17) is 9.47 Å². The van der Waals surface area contributed by atoms with Gasteiger partial charge in [-0.3, -0.25) is 0 Å². The fourth-order valence-corrected chi connectivity index (χ4v) is 3.85. The molecular formula is C17H18O4S. The highest BCUT2D eigenvalue weighted by Crippen LogP contribution is 2.33. The fraction of sp³-hybridized carbons (Fsp3) is 0.294. The van der Waals surface area contributed by atoms with Crippen LogP contribution >= 0.6 is 0 Å². The summed E-state index contributed by atoms with van der Waals surface area (Å²) in [6.07, 6.45) is 0.0779. The Morgan fingerprint density at radius 3 is 2.59 bits per heavy atom. The van der Waals surface area contributed by atoms with Crippen molar-refractivity contribution in [2.45, 2.75) is 29.7 Å². The maximum atomic E-state index is 12.9. The van der Waals surface area contributed by atoms with Crippen LogP contribution in [-0.2, 0) is 14.6 Å². The van der Waals surface area contributed by atoms with Gasteiger partial charge in [0, 0.05) is 0 Å². The van der Waals surface area contributed by atoms with Gasteiger partial charge in [-0.1, -0.05) is 24.3 Å². The number of benzene rings is 2. The molecule has 1 heterocycles. The first-order chi connectivity index (χ1) is 10.5. The highest BCUT2D eigenvalue weighted by atomic mass is 32.2. The molecule has 0 amide bonds. The van der Waals surface area contributed by atoms with E-state index in [2.05, 4.69) is 0 Å². The molecule has 1 unspecified atom stereocenters. The quantitative estimate of drug-likeness (QED) is 0.795. The molecule has 0 aromatic heterocycles. The first-order valence-electron chi connectivity index (χ1n) is 7.14. The Morgan fingerprint density at radius 2 is 1.91 bits per heavy atom. The van der Waals surface area contributed by atoms with E-state index in [1.807, 2.05) is 26.0 Å². The molecule has 4 nitrogen and oxygen atoms in total. The summed E-state index contributed by atoms with van der Waals surface area (Å²) in [5.74, 6) is 0.416. The number of hydrogen-bond donors (Lipinski definition) is 0. The average Bonchev–Trinajstić information content (AvgIpc) is 3.30. The lowest BCUT2D eigenvalue weighted by Crippen LogP contribution is -2.10. The molecule has 22 heavy (non-hydrogen) atoms. The number of sulfone groups is 1. The summed E-state index contributed by atoms with van der Waals surface area (Å²) in [5, 5.41) is 0. The molecule has 0 radical (unpaired) electrons. The van der Waals surface area contributed by atoms with Gasteiger partial charge in [0.1, 0.15) is 23.4 Å². The molecule has 1 aliphatic heterocycles. The Balaban J connectivity index is 2.04. The van der Waals surface area contributed by atoms with Crippen LogP contribution < -0.4 is 4.74 Å². The molecule has 0 N–H and O–H groups in total. The third-order valence-corrected chi connectivity index (χ3v) is 5.36. The number of epoxide rings is 1. The van der Waals surface area contributed by atoms with Crippen LogP contribution in [0.15, 0.2) is 52.3 Å². The molecule has 3 rings (SSSR count). The molecular weight excluding hydrogens is 300 g/mol. The van der Waals surface area contributed by atoms with Crippen LogP contribution in [0.2, 0.25) is 0 Å². The number of ether oxygens (including phenoxy) is 2. The van der Waals surface area contributed by atoms with Gasteiger partial charge < -0.3 is 9.47 Å². The smallest absolute Gasteiger partial charge is 0.210 e. The van der Waals surface area contributed by atoms with Gasteiger partial charge in [-0.2, -0.15) is 0 Å². The molecule has 1 aliphatic rings. The Morgan fingerprint density at radius 1 is 1.18 bits per heavy atom. The Kier molecular flexibility index (Phi) is 3.93. The third kappa shape index (κ3) is 3.00. The van der Waals surface area contributed by atoms with Crippen LogP contribution in [-0.4, -0.2) is 27.7 Å². The zero-order valence-corrected chi connectivity index (χ0v) is 13.4. The van der Waals surface area contributed by atoms with E-state index < -0.39 is 9.84 Å². The highest BCUT2D eigenvalue weighted by molar-refractivity contribution is 7.91. The summed E-state index contributed by atoms with van der Waals surface area (Å²) in [7, 11) is -3.61. The Hall–Kier alpha value is -1.85. The maximum Gasteiger partial charge on any atom is 0.210 e. The molecule has 0 aliphatic carbocycles. The first kappa shape index (κ1) is 15.1. The van der Waals surface area contributed by atoms with Crippen LogP contribution in [0.3, 0.4) is 0 Å². The zero-order valence-electron chi connectivity index (χ0n) is 12.6. The summed E-state index contributed by atoms with van der Waals surface area (Å²) in [6, 6.07) is 12.1. The molecule has 0 bridgehead atoms. The average molecular weight is 318 g/mol. The number of aryl methyl sites for hydroxylation is 2. The van der Waals surface area contributed by atoms with Gasteiger partial charge >= 0.3 is 0 Å². The minimum Gasteiger partial charge on any atom is -0.489 e. The number of rotatable bonds is 5. The van der Waals surface area contributed by atoms with E-state index in [1.165, 1.54) is 0 Å². The molecule has 2 aromatic carbocycles. The molecule has 5 heteroatoms. The van der Waals surface area contributed by atoms with Crippen LogP contribution in [0.4, 0.5) is 0 Å². The zero-order chi connectivity index (χ0) is 15.7. The van der Waals surface area contributed by atoms with Gasteiger partial charge in [0.25, 0.3) is 0 Å². The standard InChI is InChI=1S/C17H18O4S/c1-12-5-3-7-15(9-12)22(18,19)16-8-4-6-13(2)17(16)21-11-14-10-20-14/h3-9,14H,10-11H2,1-2H3. The van der Waals surface area contributed by atoms with Crippen molar-refractivity contribution in [3.05, 3.63) is 53.6 Å². The van der Waals surface area contributed by atoms with E-state index in [9.17, 15) is 8.42 Å². The van der Waals surface area contributed by atoms with Crippen molar-refractivity contribution in [1.82, 2.24) is 0 Å². The van der Waals surface area contributed by atoms with Crippen molar-refractivity contribution in [2.75, 3.05) is 13.2 Å². The first-order valence-corrected chi connectivity index (χ1v) is 8.62. The van der Waals surface area contributed by atoms with Crippen LogP contribution in [0.5, 0.6) is 5.75 Å². The second-order valence-electron chi connectivity index (χ2n) is 5.49. The second-order valence-corrected chi connectivity index (χ2v) is 7.41. The number of hydrogen-bond acceptors (Lipinski definition) is 4. The highest BCUT2D eigenvalue weighted by Gasteiger charge is 2.27. The minimum absolute atomic E-state index is 0.0779. The van der Waals surface area contributed by atoms with E-state index in [1.54, 1.807) is 30.3 Å². The van der Waals surface area contributed by atoms with Crippen LogP contribution in [0, 0.1) is 13.8 Å². The van der Waals surface area contributed by atoms with Crippen molar-refractivity contribution in [3.8, 4) is 5.75 Å². The lowest BCUT2D eigenvalue weighted by molar-refractivity contribution is 0.256. The summed E-state index contributed by atoms with van der Waals surface area (Å²) < 4.78 is 36.7. The lowest BCUT2D eigenvalue weighted by atomic mass is 10.2. The SMILES string of the molecule is Cc1cccc(S(=O)(=O)c2cccc(C)c2OCC2CO2)c1. The predicted octanol–water partition coefficient (Wildman–Crippen LogP) is 2.91. The summed E-state index contributed by atoms with van der Waals surface area (Å²) in [5.41, 5.74) is 1.71. The maximum absolute atomic E-state index is 12.9. The summed E-state index contributed by atoms with van der Waals surface area (Å²) >= 11 is 0. The fourth-order valence-electron chi connectivity index (χ4n) is 2.27. The van der Waals surface area contributed by atoms with Crippen molar-refractivity contribution < 1.29 is 17.9 Å². The van der Waals surface area contributed by atoms with E-state index in [-0.39, 0.29) is 15.9 Å². The van der Waals surface area contributed by atoms with Crippen molar-refractivity contribution in [2.24, 2.45) is 0 Å². The predicted molar refractivity (Wildman–Crippen MR) is 83.0 cm³/mol. The largest absolute Gasteiger partial charge is 0.489 e. The second kappa shape index (κ2) is 5.74. The lowest BCUT2D eigenvalue weighted by Gasteiger charge is -2.14. The molecule has 0 spiro atoms. The molecule has 2 aromatic rings. The van der Waals surface area contributed by atoms with Gasteiger partial charge in [-0.25, -0.2) is 8.42 Å². The Bertz CT molecular complexity index is 792. The van der Waals surface area contributed by atoms with Crippen molar-refractivity contribution in [1.29, 1.82) is 0 Å². The third-order valence-electron chi connectivity index (χ3n) is 3.58. The Labute approximate surface area is 130 Å². The van der Waals surface area contributed by atoms with E-state index in [0.29, 0.717) is 19.0 Å². The van der Waals surface area contributed by atoms with Crippen molar-refractivity contribution in [3.63, 3.8) is 0 Å².